The topological polar surface area (TPSA) is 61.3 Å². The van der Waals surface area contributed by atoms with Crippen LogP contribution >= 0.6 is 34.9 Å². The van der Waals surface area contributed by atoms with E-state index in [-0.39, 0.29) is 17.3 Å². The molecule has 5 nitrogen and oxygen atoms in total. The average Bonchev–Trinajstić information content (AvgIpc) is 2.88. The first-order valence-corrected chi connectivity index (χ1v) is 10.8. The van der Waals surface area contributed by atoms with Gasteiger partial charge in [-0.3, -0.25) is 4.79 Å². The highest BCUT2D eigenvalue weighted by atomic mass is 32.2. The molecule has 0 unspecified atom stereocenters. The minimum Gasteiger partial charge on any atom is -0.468 e. The van der Waals surface area contributed by atoms with Crippen LogP contribution < -0.4 is 0 Å². The number of thioether (sulfide) groups is 2. The number of carbonyl (C=O) groups is 1. The van der Waals surface area contributed by atoms with E-state index in [9.17, 15) is 4.79 Å². The first-order chi connectivity index (χ1) is 11.8. The van der Waals surface area contributed by atoms with Crippen LogP contribution in [0.5, 0.6) is 0 Å². The SMILES string of the molecule is COC(=O)CSc1nc(SC(C)C)nc2sc3c(c12)CC(C)(C)OC3. The molecule has 1 aliphatic heterocycles. The average molecular weight is 399 g/mol. The van der Waals surface area contributed by atoms with E-state index in [1.807, 2.05) is 0 Å². The first-order valence-electron chi connectivity index (χ1n) is 8.11. The molecule has 0 amide bonds. The summed E-state index contributed by atoms with van der Waals surface area (Å²) in [5, 5.41) is 3.11. The van der Waals surface area contributed by atoms with Crippen LogP contribution in [0.25, 0.3) is 10.2 Å². The molecular weight excluding hydrogens is 376 g/mol. The highest BCUT2D eigenvalue weighted by molar-refractivity contribution is 8.00. The van der Waals surface area contributed by atoms with Gasteiger partial charge in [0, 0.05) is 21.9 Å². The Bertz CT molecular complexity index is 802. The van der Waals surface area contributed by atoms with Crippen molar-refractivity contribution in [3.63, 3.8) is 0 Å². The molecule has 0 aromatic carbocycles. The van der Waals surface area contributed by atoms with E-state index in [1.165, 1.54) is 29.3 Å². The van der Waals surface area contributed by atoms with Crippen molar-refractivity contribution in [2.24, 2.45) is 0 Å². The number of aromatic nitrogens is 2. The van der Waals surface area contributed by atoms with Crippen molar-refractivity contribution >= 4 is 51.0 Å². The fourth-order valence-corrected chi connectivity index (χ4v) is 5.53. The van der Waals surface area contributed by atoms with Gasteiger partial charge in [0.25, 0.3) is 0 Å². The molecule has 136 valence electrons. The van der Waals surface area contributed by atoms with Crippen LogP contribution in [0.1, 0.15) is 38.1 Å². The molecular formula is C17H22N2O3S3. The zero-order chi connectivity index (χ0) is 18.2. The summed E-state index contributed by atoms with van der Waals surface area (Å²) in [6.45, 7) is 9.05. The van der Waals surface area contributed by atoms with Crippen LogP contribution in [0.2, 0.25) is 0 Å². The van der Waals surface area contributed by atoms with Gasteiger partial charge in [-0.2, -0.15) is 0 Å². The molecule has 0 atom stereocenters. The van der Waals surface area contributed by atoms with Gasteiger partial charge >= 0.3 is 5.97 Å². The molecule has 2 aromatic rings. The van der Waals surface area contributed by atoms with Crippen LogP contribution in [0.3, 0.4) is 0 Å². The second kappa shape index (κ2) is 7.42. The summed E-state index contributed by atoms with van der Waals surface area (Å²) < 4.78 is 10.7. The maximum Gasteiger partial charge on any atom is 0.316 e. The van der Waals surface area contributed by atoms with E-state index < -0.39 is 0 Å². The van der Waals surface area contributed by atoms with E-state index in [0.717, 1.165) is 26.8 Å². The zero-order valence-corrected chi connectivity index (χ0v) is 17.5. The summed E-state index contributed by atoms with van der Waals surface area (Å²) in [6.07, 6.45) is 0.828. The third kappa shape index (κ3) is 4.30. The Labute approximate surface area is 160 Å². The third-order valence-electron chi connectivity index (χ3n) is 3.77. The van der Waals surface area contributed by atoms with E-state index >= 15 is 0 Å². The molecule has 0 saturated carbocycles. The van der Waals surface area contributed by atoms with Crippen molar-refractivity contribution in [2.45, 2.75) is 61.8 Å². The summed E-state index contributed by atoms with van der Waals surface area (Å²) in [4.78, 5) is 23.3. The van der Waals surface area contributed by atoms with Crippen molar-refractivity contribution < 1.29 is 14.3 Å². The van der Waals surface area contributed by atoms with E-state index in [1.54, 1.807) is 23.1 Å². The van der Waals surface area contributed by atoms with Gasteiger partial charge in [0.15, 0.2) is 5.16 Å². The van der Waals surface area contributed by atoms with Crippen LogP contribution in [0.15, 0.2) is 10.2 Å². The van der Waals surface area contributed by atoms with Crippen molar-refractivity contribution in [3.05, 3.63) is 10.4 Å². The molecule has 0 fully saturated rings. The lowest BCUT2D eigenvalue weighted by atomic mass is 9.95. The predicted molar refractivity (Wildman–Crippen MR) is 104 cm³/mol. The van der Waals surface area contributed by atoms with Gasteiger partial charge in [-0.15, -0.1) is 11.3 Å². The summed E-state index contributed by atoms with van der Waals surface area (Å²) in [6, 6.07) is 0. The molecule has 25 heavy (non-hydrogen) atoms. The van der Waals surface area contributed by atoms with Gasteiger partial charge in [0.1, 0.15) is 9.86 Å². The van der Waals surface area contributed by atoms with Crippen LogP contribution in [0, 0.1) is 0 Å². The summed E-state index contributed by atoms with van der Waals surface area (Å²) in [5.74, 6) is 0.00131. The molecule has 3 heterocycles. The Kier molecular flexibility index (Phi) is 5.63. The van der Waals surface area contributed by atoms with Gasteiger partial charge in [-0.05, 0) is 19.4 Å². The summed E-state index contributed by atoms with van der Waals surface area (Å²) >= 11 is 4.74. The number of esters is 1. The van der Waals surface area contributed by atoms with Gasteiger partial charge in [-0.1, -0.05) is 37.4 Å². The van der Waals surface area contributed by atoms with Crippen molar-refractivity contribution in [1.29, 1.82) is 0 Å². The predicted octanol–water partition coefficient (Wildman–Crippen LogP) is 4.31. The number of methoxy groups -OCH3 is 1. The van der Waals surface area contributed by atoms with Crippen LogP contribution in [-0.4, -0.2) is 39.7 Å². The number of rotatable bonds is 5. The molecule has 0 spiro atoms. The van der Waals surface area contributed by atoms with Gasteiger partial charge < -0.3 is 9.47 Å². The van der Waals surface area contributed by atoms with Crippen molar-refractivity contribution in [2.75, 3.05) is 12.9 Å². The zero-order valence-electron chi connectivity index (χ0n) is 15.0. The third-order valence-corrected chi connectivity index (χ3v) is 6.69. The Morgan fingerprint density at radius 3 is 2.84 bits per heavy atom. The lowest BCUT2D eigenvalue weighted by Crippen LogP contribution is -2.31. The number of nitrogens with zero attached hydrogens (tertiary/aromatic N) is 2. The van der Waals surface area contributed by atoms with Crippen LogP contribution in [-0.2, 0) is 27.3 Å². The minimum absolute atomic E-state index is 0.198. The number of hydrogen-bond donors (Lipinski definition) is 0. The summed E-state index contributed by atoms with van der Waals surface area (Å²) in [5.41, 5.74) is 1.07. The Balaban J connectivity index is 2.08. The fourth-order valence-electron chi connectivity index (χ4n) is 2.65. The molecule has 0 radical (unpaired) electrons. The highest BCUT2D eigenvalue weighted by Gasteiger charge is 2.31. The van der Waals surface area contributed by atoms with Gasteiger partial charge in [0.05, 0.1) is 25.1 Å². The quantitative estimate of drug-likeness (QED) is 0.322. The molecule has 0 bridgehead atoms. The maximum atomic E-state index is 11.6. The molecule has 0 N–H and O–H groups in total. The van der Waals surface area contributed by atoms with Crippen molar-refractivity contribution in [3.8, 4) is 0 Å². The number of ether oxygens (including phenoxy) is 2. The summed E-state index contributed by atoms with van der Waals surface area (Å²) in [7, 11) is 1.41. The number of hydrogen-bond acceptors (Lipinski definition) is 8. The van der Waals surface area contributed by atoms with E-state index in [4.69, 9.17) is 19.4 Å². The van der Waals surface area contributed by atoms with Crippen molar-refractivity contribution in [1.82, 2.24) is 9.97 Å². The molecule has 2 aromatic heterocycles. The number of thiophene rings is 1. The largest absolute Gasteiger partial charge is 0.468 e. The normalized spacial score (nSPS) is 16.2. The first kappa shape index (κ1) is 18.9. The molecule has 1 aliphatic rings. The van der Waals surface area contributed by atoms with Crippen LogP contribution in [0.4, 0.5) is 0 Å². The Morgan fingerprint density at radius 1 is 1.40 bits per heavy atom. The molecule has 0 aliphatic carbocycles. The maximum absolute atomic E-state index is 11.6. The Morgan fingerprint density at radius 2 is 2.16 bits per heavy atom. The second-order valence-corrected chi connectivity index (χ2v) is 10.3. The van der Waals surface area contributed by atoms with Gasteiger partial charge in [0.2, 0.25) is 0 Å². The molecule has 8 heteroatoms. The standard InChI is InChI=1S/C17H22N2O3S3/c1-9(2)24-16-18-14(23-8-12(20)21-5)13-10-6-17(3,4)22-7-11(10)25-15(13)19-16/h9H,6-8H2,1-5H3. The van der Waals surface area contributed by atoms with E-state index in [2.05, 4.69) is 27.7 Å². The lowest BCUT2D eigenvalue weighted by molar-refractivity contribution is -0.137. The smallest absolute Gasteiger partial charge is 0.316 e. The Hall–Kier alpha value is -0.830. The number of carbonyl (C=O) groups excluding carboxylic acids is 1. The monoisotopic (exact) mass is 398 g/mol. The van der Waals surface area contributed by atoms with Gasteiger partial charge in [-0.25, -0.2) is 9.97 Å². The van der Waals surface area contributed by atoms with E-state index in [0.29, 0.717) is 11.9 Å². The minimum atomic E-state index is -0.248. The fraction of sp³-hybridized carbons (Fsp3) is 0.588. The number of fused-ring (bicyclic) bond motifs is 3. The second-order valence-electron chi connectivity index (χ2n) is 6.75. The molecule has 3 rings (SSSR count). The lowest BCUT2D eigenvalue weighted by Gasteiger charge is -2.30. The molecule has 0 saturated heterocycles. The highest BCUT2D eigenvalue weighted by Crippen LogP contribution is 2.42.